The highest BCUT2D eigenvalue weighted by molar-refractivity contribution is 14.0. The number of fused-ring (bicyclic) bond motifs is 1. The van der Waals surface area contributed by atoms with Crippen LogP contribution in [0.5, 0.6) is 5.75 Å². The Balaban J connectivity index is 0.00000300. The van der Waals surface area contributed by atoms with Crippen LogP contribution in [0.15, 0.2) is 17.1 Å². The third-order valence-electron chi connectivity index (χ3n) is 4.45. The molecule has 1 aromatic carbocycles. The summed E-state index contributed by atoms with van der Waals surface area (Å²) >= 11 is 1.73. The first kappa shape index (κ1) is 23.8. The summed E-state index contributed by atoms with van der Waals surface area (Å²) in [6.07, 6.45) is 1.45. The van der Waals surface area contributed by atoms with Gasteiger partial charge in [-0.1, -0.05) is 0 Å². The Bertz CT molecular complexity index is 825. The molecule has 0 unspecified atom stereocenters. The lowest BCUT2D eigenvalue weighted by molar-refractivity contribution is -0.0172. The minimum Gasteiger partial charge on any atom is -0.467 e. The van der Waals surface area contributed by atoms with Gasteiger partial charge in [0.05, 0.1) is 17.3 Å². The SMILES string of the molecule is CCNC(=NCCc1nc(C)c(C)s1)NCCc1cc(F)cc2c1OCOC2.I. The highest BCUT2D eigenvalue weighted by Gasteiger charge is 2.16. The van der Waals surface area contributed by atoms with E-state index in [1.165, 1.54) is 17.0 Å². The lowest BCUT2D eigenvalue weighted by atomic mass is 10.1. The maximum absolute atomic E-state index is 13.8. The van der Waals surface area contributed by atoms with Crippen molar-refractivity contribution in [3.05, 3.63) is 44.7 Å². The largest absolute Gasteiger partial charge is 0.467 e. The van der Waals surface area contributed by atoms with Gasteiger partial charge in [-0.15, -0.1) is 35.3 Å². The van der Waals surface area contributed by atoms with Crippen molar-refractivity contribution in [3.8, 4) is 5.75 Å². The number of nitrogens with one attached hydrogen (secondary N) is 2. The van der Waals surface area contributed by atoms with Crippen molar-refractivity contribution in [1.29, 1.82) is 0 Å². The van der Waals surface area contributed by atoms with Crippen molar-refractivity contribution in [2.75, 3.05) is 26.4 Å². The van der Waals surface area contributed by atoms with Crippen LogP contribution >= 0.6 is 35.3 Å². The molecule has 2 N–H and O–H groups in total. The van der Waals surface area contributed by atoms with Crippen molar-refractivity contribution in [2.24, 2.45) is 4.99 Å². The summed E-state index contributed by atoms with van der Waals surface area (Å²) in [5.74, 6) is 1.23. The van der Waals surface area contributed by atoms with Gasteiger partial charge < -0.3 is 20.1 Å². The van der Waals surface area contributed by atoms with E-state index in [0.29, 0.717) is 26.1 Å². The van der Waals surface area contributed by atoms with Gasteiger partial charge in [-0.2, -0.15) is 0 Å². The number of benzene rings is 1. The first-order valence-electron chi connectivity index (χ1n) is 9.53. The molecule has 1 aromatic heterocycles. The van der Waals surface area contributed by atoms with E-state index in [-0.39, 0.29) is 36.6 Å². The van der Waals surface area contributed by atoms with Crippen LogP contribution in [0.3, 0.4) is 0 Å². The predicted octanol–water partition coefficient (Wildman–Crippen LogP) is 3.72. The Morgan fingerprint density at radius 3 is 2.83 bits per heavy atom. The molecule has 2 aromatic rings. The summed E-state index contributed by atoms with van der Waals surface area (Å²) in [6.45, 7) is 8.81. The Kier molecular flexibility index (Phi) is 9.57. The molecule has 1 aliphatic rings. The second-order valence-corrected chi connectivity index (χ2v) is 7.89. The van der Waals surface area contributed by atoms with Crippen LogP contribution in [-0.4, -0.2) is 37.4 Å². The molecule has 0 atom stereocenters. The van der Waals surface area contributed by atoms with Gasteiger partial charge in [0.2, 0.25) is 0 Å². The van der Waals surface area contributed by atoms with E-state index in [9.17, 15) is 4.39 Å². The molecule has 29 heavy (non-hydrogen) atoms. The van der Waals surface area contributed by atoms with Gasteiger partial charge in [-0.05, 0) is 44.9 Å². The average molecular weight is 534 g/mol. The van der Waals surface area contributed by atoms with Crippen LogP contribution in [0.2, 0.25) is 0 Å². The Hall–Kier alpha value is -1.46. The lowest BCUT2D eigenvalue weighted by Crippen LogP contribution is -2.38. The summed E-state index contributed by atoms with van der Waals surface area (Å²) < 4.78 is 24.7. The summed E-state index contributed by atoms with van der Waals surface area (Å²) in [5.41, 5.74) is 2.70. The third-order valence-corrected chi connectivity index (χ3v) is 5.58. The predicted molar refractivity (Wildman–Crippen MR) is 125 cm³/mol. The van der Waals surface area contributed by atoms with Crippen LogP contribution in [0.25, 0.3) is 0 Å². The van der Waals surface area contributed by atoms with Crippen molar-refractivity contribution >= 4 is 41.3 Å². The molecule has 0 fully saturated rings. The zero-order chi connectivity index (χ0) is 19.9. The molecule has 0 aliphatic carbocycles. The summed E-state index contributed by atoms with van der Waals surface area (Å²) in [4.78, 5) is 10.4. The number of thiazole rings is 1. The van der Waals surface area contributed by atoms with E-state index in [1.54, 1.807) is 11.3 Å². The van der Waals surface area contributed by atoms with Gasteiger partial charge in [0.15, 0.2) is 12.8 Å². The number of aryl methyl sites for hydroxylation is 2. The zero-order valence-corrected chi connectivity index (χ0v) is 20.2. The van der Waals surface area contributed by atoms with Crippen LogP contribution in [-0.2, 0) is 24.2 Å². The molecule has 0 spiro atoms. The monoisotopic (exact) mass is 534 g/mol. The van der Waals surface area contributed by atoms with Crippen molar-refractivity contribution in [3.63, 3.8) is 0 Å². The maximum Gasteiger partial charge on any atom is 0.191 e. The quantitative estimate of drug-likeness (QED) is 0.322. The maximum atomic E-state index is 13.8. The molecule has 0 saturated carbocycles. The topological polar surface area (TPSA) is 67.8 Å². The van der Waals surface area contributed by atoms with E-state index in [0.717, 1.165) is 46.5 Å². The molecule has 3 rings (SSSR count). The molecule has 6 nitrogen and oxygen atoms in total. The zero-order valence-electron chi connectivity index (χ0n) is 17.0. The van der Waals surface area contributed by atoms with Gasteiger partial charge in [0.25, 0.3) is 0 Å². The lowest BCUT2D eigenvalue weighted by Gasteiger charge is -2.21. The molecule has 0 radical (unpaired) electrons. The Morgan fingerprint density at radius 1 is 1.28 bits per heavy atom. The molecule has 0 bridgehead atoms. The Labute approximate surface area is 192 Å². The fourth-order valence-electron chi connectivity index (χ4n) is 3.01. The van der Waals surface area contributed by atoms with E-state index in [2.05, 4.69) is 27.5 Å². The second kappa shape index (κ2) is 11.7. The average Bonchev–Trinajstić information content (AvgIpc) is 2.99. The van der Waals surface area contributed by atoms with Crippen molar-refractivity contribution < 1.29 is 13.9 Å². The van der Waals surface area contributed by atoms with Gasteiger partial charge >= 0.3 is 0 Å². The molecule has 0 saturated heterocycles. The van der Waals surface area contributed by atoms with Crippen LogP contribution in [0.4, 0.5) is 4.39 Å². The van der Waals surface area contributed by atoms with Gasteiger partial charge in [0, 0.05) is 36.5 Å². The van der Waals surface area contributed by atoms with Crippen LogP contribution in [0, 0.1) is 19.7 Å². The number of hydrogen-bond donors (Lipinski definition) is 2. The number of rotatable bonds is 7. The standard InChI is InChI=1S/C20H27FN4O2S.HI/c1-4-22-20(24-8-6-18-25-13(2)14(3)28-18)23-7-5-15-9-17(21)10-16-11-26-12-27-19(15)16;/h9-10H,4-8,11-12H2,1-3H3,(H2,22,23,24);1H. The molecular weight excluding hydrogens is 506 g/mol. The Morgan fingerprint density at radius 2 is 2.10 bits per heavy atom. The number of guanidine groups is 1. The fourth-order valence-corrected chi connectivity index (χ4v) is 3.93. The van der Waals surface area contributed by atoms with Gasteiger partial charge in [-0.3, -0.25) is 4.99 Å². The van der Waals surface area contributed by atoms with Crippen molar-refractivity contribution in [2.45, 2.75) is 40.2 Å². The summed E-state index contributed by atoms with van der Waals surface area (Å²) in [6, 6.07) is 3.00. The van der Waals surface area contributed by atoms with E-state index < -0.39 is 0 Å². The highest BCUT2D eigenvalue weighted by atomic mass is 127. The van der Waals surface area contributed by atoms with E-state index in [4.69, 9.17) is 9.47 Å². The first-order valence-corrected chi connectivity index (χ1v) is 10.4. The molecule has 1 aliphatic heterocycles. The normalized spacial score (nSPS) is 13.3. The summed E-state index contributed by atoms with van der Waals surface area (Å²) in [7, 11) is 0. The highest BCUT2D eigenvalue weighted by Crippen LogP contribution is 2.29. The van der Waals surface area contributed by atoms with Crippen LogP contribution < -0.4 is 15.4 Å². The molecular formula is C20H28FIN4O2S. The van der Waals surface area contributed by atoms with E-state index >= 15 is 0 Å². The van der Waals surface area contributed by atoms with E-state index in [1.807, 2.05) is 13.8 Å². The minimum absolute atomic E-state index is 0. The minimum atomic E-state index is -0.266. The fraction of sp³-hybridized carbons (Fsp3) is 0.500. The smallest absolute Gasteiger partial charge is 0.191 e. The molecule has 2 heterocycles. The number of halogens is 2. The number of ether oxygens (including phenoxy) is 2. The molecule has 0 amide bonds. The number of aromatic nitrogens is 1. The second-order valence-electron chi connectivity index (χ2n) is 6.60. The molecule has 9 heteroatoms. The van der Waals surface area contributed by atoms with Gasteiger partial charge in [0.1, 0.15) is 11.6 Å². The van der Waals surface area contributed by atoms with Gasteiger partial charge in [-0.25, -0.2) is 9.37 Å². The molecule has 160 valence electrons. The first-order chi connectivity index (χ1) is 13.6. The van der Waals surface area contributed by atoms with Crippen molar-refractivity contribution in [1.82, 2.24) is 15.6 Å². The third kappa shape index (κ3) is 6.78. The van der Waals surface area contributed by atoms with Crippen LogP contribution in [0.1, 0.15) is 33.6 Å². The number of nitrogens with zero attached hydrogens (tertiary/aromatic N) is 2. The number of aliphatic imine (C=N–C) groups is 1. The summed E-state index contributed by atoms with van der Waals surface area (Å²) in [5, 5.41) is 7.66. The number of hydrogen-bond acceptors (Lipinski definition) is 5.